The molecule has 93 heavy (non-hydrogen) atoms. The Balaban J connectivity index is 0.000000657. The van der Waals surface area contributed by atoms with Gasteiger partial charge in [-0.05, 0) is 163 Å². The van der Waals surface area contributed by atoms with E-state index in [9.17, 15) is 15.3 Å². The molecule has 2 aliphatic heterocycles. The van der Waals surface area contributed by atoms with Crippen LogP contribution < -0.4 is 9.47 Å². The minimum Gasteiger partial charge on any atom is -0.508 e. The first-order chi connectivity index (χ1) is 45.2. The average Bonchev–Trinajstić information content (AvgIpc) is 4.66. The minimum absolute atomic E-state index is 0. The topological polar surface area (TPSA) is 141 Å². The highest BCUT2D eigenvalue weighted by atomic mass is 16.6. The van der Waals surface area contributed by atoms with E-state index in [-0.39, 0.29) is 46.1 Å². The molecule has 3 aromatic carbocycles. The van der Waals surface area contributed by atoms with Gasteiger partial charge >= 0.3 is 0 Å². The molecule has 0 radical (unpaired) electrons. The van der Waals surface area contributed by atoms with Crippen molar-refractivity contribution in [2.24, 2.45) is 0 Å². The number of aryl methyl sites for hydroxylation is 3. The van der Waals surface area contributed by atoms with Crippen molar-refractivity contribution in [3.63, 3.8) is 0 Å². The second kappa shape index (κ2) is 61.5. The summed E-state index contributed by atoms with van der Waals surface area (Å²) in [5.41, 5.74) is 3.81. The van der Waals surface area contributed by atoms with Crippen LogP contribution >= 0.6 is 0 Å². The number of hydrogen-bond acceptors (Lipinski definition) is 11. The van der Waals surface area contributed by atoms with Crippen LogP contribution in [0.3, 0.4) is 0 Å². The van der Waals surface area contributed by atoms with Gasteiger partial charge in [0, 0.05) is 0 Å². The van der Waals surface area contributed by atoms with E-state index >= 15 is 0 Å². The SMILES string of the molecule is C.CC(COCC1CO1)OCC1CO1.CCCC/C=C/CCCCCCCCCc1cccc(O)c1.CCCC/C=C/CCCCCCCCCc1cccc(OCC(O)COCC(C)OCC(O)COc2cccc(CCCCCCCCC/C=C/CCCC)c2)c1. The Morgan fingerprint density at radius 2 is 0.742 bits per heavy atom. The van der Waals surface area contributed by atoms with Crippen LogP contribution in [0.15, 0.2) is 109 Å². The lowest BCUT2D eigenvalue weighted by molar-refractivity contribution is -0.0643. The van der Waals surface area contributed by atoms with E-state index in [1.807, 2.05) is 50.2 Å². The van der Waals surface area contributed by atoms with Gasteiger partial charge in [-0.15, -0.1) is 0 Å². The zero-order valence-corrected chi connectivity index (χ0v) is 59.0. The highest BCUT2D eigenvalue weighted by Crippen LogP contribution is 2.21. The molecule has 2 fully saturated rings. The summed E-state index contributed by atoms with van der Waals surface area (Å²) >= 11 is 0. The number of allylic oxidation sites excluding steroid dienone is 6. The number of aromatic hydroxyl groups is 1. The van der Waals surface area contributed by atoms with Gasteiger partial charge in [0.15, 0.2) is 0 Å². The van der Waals surface area contributed by atoms with Crippen molar-refractivity contribution >= 4 is 0 Å². The molecule has 6 atom stereocenters. The zero-order chi connectivity index (χ0) is 65.8. The van der Waals surface area contributed by atoms with Gasteiger partial charge in [-0.1, -0.05) is 236 Å². The molecule has 3 N–H and O–H groups in total. The monoisotopic (exact) mass is 1300 g/mol. The molecule has 6 unspecified atom stereocenters. The molecule has 0 aromatic heterocycles. The Labute approximate surface area is 569 Å². The summed E-state index contributed by atoms with van der Waals surface area (Å²) < 4.78 is 44.1. The van der Waals surface area contributed by atoms with Crippen molar-refractivity contribution in [3.8, 4) is 17.2 Å². The molecule has 3 aromatic rings. The number of phenolic OH excluding ortho intramolecular Hbond substituents is 1. The fourth-order valence-corrected chi connectivity index (χ4v) is 10.6. The second-order valence-electron chi connectivity index (χ2n) is 26.0. The number of rotatable bonds is 59. The van der Waals surface area contributed by atoms with Gasteiger partial charge in [-0.25, -0.2) is 0 Å². The Hall–Kier alpha value is -4.04. The summed E-state index contributed by atoms with van der Waals surface area (Å²) in [4.78, 5) is 0. The standard InChI is InChI=1S/C51H84O6.C21H34O.C9H16O4.CH4/c1-4-6-8-10-12-14-16-18-20-22-24-26-28-32-46-34-30-36-50(38-46)56-43-48(52)41-54-40-45(3)55-42-49(53)44-57-51-37-31-35-47(39-51)33-29-27-25-23-21-19-17-15-13-11-9-7-5-2;1-2-3-4-5-6-7-8-9-10-11-12-13-14-16-20-17-15-18-21(22)19-20;1-7(11-4-9-6-13-9)2-10-3-8-5-12-8;/h10-13,30-31,34-39,45,48-49,52-53H,4-9,14-29,32-33,40-44H2,1-3H3;5-6,15,17-19,22H,2-4,7-14,16H2,1H3;7-9H,2-6H2,1H3;1H4/b12-10+,13-11+;6-5+;;. The maximum absolute atomic E-state index is 10.5. The molecule has 0 spiro atoms. The van der Waals surface area contributed by atoms with Crippen molar-refractivity contribution in [1.29, 1.82) is 0 Å². The molecule has 0 amide bonds. The lowest BCUT2D eigenvalue weighted by Gasteiger charge is -2.18. The Morgan fingerprint density at radius 3 is 1.15 bits per heavy atom. The molecular weight excluding hydrogens is 1160 g/mol. The van der Waals surface area contributed by atoms with E-state index < -0.39 is 12.2 Å². The normalized spacial score (nSPS) is 15.5. The lowest BCUT2D eigenvalue weighted by Crippen LogP contribution is -2.29. The predicted molar refractivity (Wildman–Crippen MR) is 391 cm³/mol. The summed E-state index contributed by atoms with van der Waals surface area (Å²) in [6.45, 7) is 15.4. The average molecular weight is 1300 g/mol. The smallest absolute Gasteiger partial charge is 0.119 e. The van der Waals surface area contributed by atoms with Crippen LogP contribution in [0.1, 0.15) is 271 Å². The number of epoxide rings is 2. The minimum atomic E-state index is -0.745. The van der Waals surface area contributed by atoms with Crippen LogP contribution in [-0.4, -0.2) is 118 Å². The summed E-state index contributed by atoms with van der Waals surface area (Å²) in [6.07, 6.45) is 59.4. The van der Waals surface area contributed by atoms with Gasteiger partial charge < -0.3 is 53.2 Å². The zero-order valence-electron chi connectivity index (χ0n) is 59.0. The van der Waals surface area contributed by atoms with Crippen molar-refractivity contribution in [2.45, 2.75) is 310 Å². The molecular formula is C82H138O11. The van der Waals surface area contributed by atoms with E-state index in [0.717, 1.165) is 44.0 Å². The molecule has 11 nitrogen and oxygen atoms in total. The van der Waals surface area contributed by atoms with Crippen molar-refractivity contribution in [2.75, 3.05) is 66.1 Å². The van der Waals surface area contributed by atoms with Crippen LogP contribution in [0, 0.1) is 0 Å². The fourth-order valence-electron chi connectivity index (χ4n) is 10.6. The molecule has 532 valence electrons. The number of phenols is 1. The maximum atomic E-state index is 10.5. The van der Waals surface area contributed by atoms with Gasteiger partial charge in [0.25, 0.3) is 0 Å². The number of aliphatic hydroxyl groups excluding tert-OH is 2. The summed E-state index contributed by atoms with van der Waals surface area (Å²) in [5, 5.41) is 30.3. The van der Waals surface area contributed by atoms with Crippen molar-refractivity contribution < 1.29 is 53.2 Å². The third-order valence-electron chi connectivity index (χ3n) is 16.5. The maximum Gasteiger partial charge on any atom is 0.119 e. The van der Waals surface area contributed by atoms with Gasteiger partial charge in [-0.2, -0.15) is 0 Å². The fraction of sp³-hybridized carbons (Fsp3) is 0.707. The first-order valence-electron chi connectivity index (χ1n) is 37.3. The van der Waals surface area contributed by atoms with Crippen molar-refractivity contribution in [1.82, 2.24) is 0 Å². The van der Waals surface area contributed by atoms with Gasteiger partial charge in [0.05, 0.1) is 65.1 Å². The number of aliphatic hydroxyl groups is 2. The molecule has 2 heterocycles. The number of ether oxygens (including phenoxy) is 8. The summed E-state index contributed by atoms with van der Waals surface area (Å²) in [7, 11) is 0. The number of hydrogen-bond donors (Lipinski definition) is 3. The van der Waals surface area contributed by atoms with Crippen LogP contribution in [0.2, 0.25) is 0 Å². The largest absolute Gasteiger partial charge is 0.508 e. The van der Waals surface area contributed by atoms with E-state index in [0.29, 0.717) is 44.4 Å². The first-order valence-corrected chi connectivity index (χ1v) is 37.3. The summed E-state index contributed by atoms with van der Waals surface area (Å²) in [6, 6.07) is 24.1. The Kier molecular flexibility index (Phi) is 56.3. The molecule has 0 saturated carbocycles. The van der Waals surface area contributed by atoms with Gasteiger partial charge in [-0.3, -0.25) is 0 Å². The molecule has 0 aliphatic carbocycles. The van der Waals surface area contributed by atoms with Gasteiger partial charge in [0.2, 0.25) is 0 Å². The van der Waals surface area contributed by atoms with Gasteiger partial charge in [0.1, 0.15) is 54.9 Å². The van der Waals surface area contributed by atoms with Crippen molar-refractivity contribution in [3.05, 3.63) is 126 Å². The molecule has 2 aliphatic rings. The van der Waals surface area contributed by atoms with Crippen LogP contribution in [0.4, 0.5) is 0 Å². The van der Waals surface area contributed by atoms with Crippen LogP contribution in [0.25, 0.3) is 0 Å². The van der Waals surface area contributed by atoms with E-state index in [2.05, 4.69) is 87.6 Å². The Morgan fingerprint density at radius 1 is 0.398 bits per heavy atom. The predicted octanol–water partition coefficient (Wildman–Crippen LogP) is 20.8. The summed E-state index contributed by atoms with van der Waals surface area (Å²) in [5.74, 6) is 1.95. The Bertz CT molecular complexity index is 2190. The lowest BCUT2D eigenvalue weighted by atomic mass is 10.0. The molecule has 5 rings (SSSR count). The number of benzene rings is 3. The van der Waals surface area contributed by atoms with E-state index in [1.165, 1.54) is 229 Å². The second-order valence-corrected chi connectivity index (χ2v) is 26.0. The quantitative estimate of drug-likeness (QED) is 0.0283. The highest BCUT2D eigenvalue weighted by Gasteiger charge is 2.25. The third-order valence-corrected chi connectivity index (χ3v) is 16.5. The van der Waals surface area contributed by atoms with Crippen LogP contribution in [0.5, 0.6) is 17.2 Å². The van der Waals surface area contributed by atoms with E-state index in [1.54, 1.807) is 6.07 Å². The number of unbranched alkanes of at least 4 members (excludes halogenated alkanes) is 27. The molecule has 0 bridgehead atoms. The molecule has 11 heteroatoms. The first kappa shape index (κ1) is 85.0. The van der Waals surface area contributed by atoms with E-state index in [4.69, 9.17) is 37.9 Å². The third kappa shape index (κ3) is 54.7. The highest BCUT2D eigenvalue weighted by molar-refractivity contribution is 5.30. The molecule has 2 saturated heterocycles. The van der Waals surface area contributed by atoms with Crippen LogP contribution in [-0.2, 0) is 47.7 Å².